The lowest BCUT2D eigenvalue weighted by molar-refractivity contribution is 0.601. The first-order valence-electron chi connectivity index (χ1n) is 7.02. The number of sulfonamides is 1. The van der Waals surface area contributed by atoms with Crippen LogP contribution in [0.2, 0.25) is 0 Å². The third kappa shape index (κ3) is 3.09. The molecule has 7 heteroatoms. The molecular formula is C16H16N4O2S. The largest absolute Gasteiger partial charge is 0.279 e. The predicted molar refractivity (Wildman–Crippen MR) is 88.1 cm³/mol. The van der Waals surface area contributed by atoms with Gasteiger partial charge in [0.1, 0.15) is 4.90 Å². The van der Waals surface area contributed by atoms with Gasteiger partial charge < -0.3 is 0 Å². The quantitative estimate of drug-likeness (QED) is 0.799. The van der Waals surface area contributed by atoms with Gasteiger partial charge in [-0.2, -0.15) is 5.10 Å². The van der Waals surface area contributed by atoms with Gasteiger partial charge in [-0.3, -0.25) is 4.72 Å². The molecule has 0 spiro atoms. The first-order valence-corrected chi connectivity index (χ1v) is 8.51. The average molecular weight is 328 g/mol. The van der Waals surface area contributed by atoms with E-state index in [1.54, 1.807) is 24.4 Å². The Labute approximate surface area is 134 Å². The number of benzene rings is 1. The lowest BCUT2D eigenvalue weighted by Crippen LogP contribution is -2.13. The summed E-state index contributed by atoms with van der Waals surface area (Å²) < 4.78 is 29.1. The number of anilines is 1. The van der Waals surface area contributed by atoms with Crippen LogP contribution in [0.4, 0.5) is 5.69 Å². The number of nitrogens with zero attached hydrogens (tertiary/aromatic N) is 3. The van der Waals surface area contributed by atoms with Crippen LogP contribution >= 0.6 is 0 Å². The zero-order valence-electron chi connectivity index (χ0n) is 12.8. The van der Waals surface area contributed by atoms with Crippen molar-refractivity contribution in [2.45, 2.75) is 18.7 Å². The van der Waals surface area contributed by atoms with E-state index in [4.69, 9.17) is 0 Å². The molecular weight excluding hydrogens is 312 g/mol. The molecule has 6 nitrogen and oxygen atoms in total. The van der Waals surface area contributed by atoms with Gasteiger partial charge in [0.05, 0.1) is 18.1 Å². The second-order valence-corrected chi connectivity index (χ2v) is 6.84. The number of aromatic nitrogens is 3. The van der Waals surface area contributed by atoms with Crippen LogP contribution in [0.25, 0.3) is 5.82 Å². The van der Waals surface area contributed by atoms with Crippen molar-refractivity contribution in [3.8, 4) is 5.82 Å². The SMILES string of the molecule is Cc1cccc(NS(=O)(=O)c2cnn(-c3ccccn3)c2)c1C. The van der Waals surface area contributed by atoms with E-state index in [0.29, 0.717) is 11.5 Å². The van der Waals surface area contributed by atoms with Gasteiger partial charge in [0.2, 0.25) is 0 Å². The maximum Gasteiger partial charge on any atom is 0.265 e. The van der Waals surface area contributed by atoms with Crippen LogP contribution in [-0.2, 0) is 10.0 Å². The van der Waals surface area contributed by atoms with E-state index in [-0.39, 0.29) is 4.90 Å². The Bertz CT molecular complexity index is 934. The summed E-state index contributed by atoms with van der Waals surface area (Å²) in [5, 5.41) is 4.07. The van der Waals surface area contributed by atoms with Crippen molar-refractivity contribution in [1.82, 2.24) is 14.8 Å². The fourth-order valence-electron chi connectivity index (χ4n) is 2.12. The molecule has 0 aliphatic rings. The van der Waals surface area contributed by atoms with Gasteiger partial charge in [-0.15, -0.1) is 0 Å². The minimum absolute atomic E-state index is 0.0871. The zero-order valence-corrected chi connectivity index (χ0v) is 13.6. The third-order valence-corrected chi connectivity index (χ3v) is 4.92. The maximum absolute atomic E-state index is 12.5. The number of aryl methyl sites for hydroxylation is 1. The van der Waals surface area contributed by atoms with Gasteiger partial charge in [-0.1, -0.05) is 18.2 Å². The van der Waals surface area contributed by atoms with Crippen LogP contribution in [0.3, 0.4) is 0 Å². The molecule has 2 heterocycles. The highest BCUT2D eigenvalue weighted by atomic mass is 32.2. The Morgan fingerprint density at radius 2 is 1.91 bits per heavy atom. The lowest BCUT2D eigenvalue weighted by atomic mass is 10.1. The Morgan fingerprint density at radius 3 is 2.65 bits per heavy atom. The Morgan fingerprint density at radius 1 is 1.09 bits per heavy atom. The molecule has 0 atom stereocenters. The van der Waals surface area contributed by atoms with Crippen LogP contribution in [0, 0.1) is 13.8 Å². The highest BCUT2D eigenvalue weighted by Crippen LogP contribution is 2.22. The van der Waals surface area contributed by atoms with Gasteiger partial charge in [-0.05, 0) is 43.2 Å². The second-order valence-electron chi connectivity index (χ2n) is 5.16. The average Bonchev–Trinajstić information content (AvgIpc) is 3.03. The molecule has 3 rings (SSSR count). The molecule has 3 aromatic rings. The van der Waals surface area contributed by atoms with Crippen LogP contribution in [0.5, 0.6) is 0 Å². The van der Waals surface area contributed by atoms with Crippen molar-refractivity contribution in [3.63, 3.8) is 0 Å². The number of hydrogen-bond acceptors (Lipinski definition) is 4. The topological polar surface area (TPSA) is 76.9 Å². The van der Waals surface area contributed by atoms with E-state index in [1.165, 1.54) is 17.1 Å². The molecule has 118 valence electrons. The van der Waals surface area contributed by atoms with Gasteiger partial charge in [-0.25, -0.2) is 18.1 Å². The summed E-state index contributed by atoms with van der Waals surface area (Å²) >= 11 is 0. The van der Waals surface area contributed by atoms with Crippen molar-refractivity contribution in [3.05, 3.63) is 66.1 Å². The summed E-state index contributed by atoms with van der Waals surface area (Å²) in [5.74, 6) is 0.556. The molecule has 1 aromatic carbocycles. The normalized spacial score (nSPS) is 11.4. The van der Waals surface area contributed by atoms with Crippen molar-refractivity contribution < 1.29 is 8.42 Å². The number of hydrogen-bond donors (Lipinski definition) is 1. The van der Waals surface area contributed by atoms with Gasteiger partial charge in [0, 0.05) is 6.20 Å². The molecule has 0 saturated carbocycles. The molecule has 0 unspecified atom stereocenters. The monoisotopic (exact) mass is 328 g/mol. The van der Waals surface area contributed by atoms with E-state index in [9.17, 15) is 8.42 Å². The molecule has 0 aliphatic carbocycles. The first kappa shape index (κ1) is 15.2. The predicted octanol–water partition coefficient (Wildman–Crippen LogP) is 2.68. The zero-order chi connectivity index (χ0) is 16.4. The molecule has 0 amide bonds. The van der Waals surface area contributed by atoms with Gasteiger partial charge in [0.15, 0.2) is 5.82 Å². The Hall–Kier alpha value is -2.67. The minimum Gasteiger partial charge on any atom is -0.279 e. The molecule has 23 heavy (non-hydrogen) atoms. The molecule has 0 aliphatic heterocycles. The summed E-state index contributed by atoms with van der Waals surface area (Å²) in [5.41, 5.74) is 2.48. The minimum atomic E-state index is -3.70. The summed E-state index contributed by atoms with van der Waals surface area (Å²) in [6.45, 7) is 3.82. The van der Waals surface area contributed by atoms with Crippen molar-refractivity contribution in [2.75, 3.05) is 4.72 Å². The second kappa shape index (κ2) is 5.85. The van der Waals surface area contributed by atoms with Gasteiger partial charge >= 0.3 is 0 Å². The lowest BCUT2D eigenvalue weighted by Gasteiger charge is -2.10. The highest BCUT2D eigenvalue weighted by molar-refractivity contribution is 7.92. The summed E-state index contributed by atoms with van der Waals surface area (Å²) in [7, 11) is -3.70. The van der Waals surface area contributed by atoms with E-state index >= 15 is 0 Å². The van der Waals surface area contributed by atoms with Crippen LogP contribution in [0.15, 0.2) is 59.9 Å². The van der Waals surface area contributed by atoms with E-state index in [0.717, 1.165) is 11.1 Å². The van der Waals surface area contributed by atoms with Crippen LogP contribution in [-0.4, -0.2) is 23.2 Å². The van der Waals surface area contributed by atoms with E-state index in [1.807, 2.05) is 32.0 Å². The smallest absolute Gasteiger partial charge is 0.265 e. The van der Waals surface area contributed by atoms with Crippen LogP contribution < -0.4 is 4.72 Å². The maximum atomic E-state index is 12.5. The number of rotatable bonds is 4. The Balaban J connectivity index is 1.92. The van der Waals surface area contributed by atoms with E-state index in [2.05, 4.69) is 14.8 Å². The fourth-order valence-corrected chi connectivity index (χ4v) is 3.18. The summed E-state index contributed by atoms with van der Waals surface area (Å²) in [4.78, 5) is 4.23. The molecule has 2 aromatic heterocycles. The first-order chi connectivity index (χ1) is 11.0. The van der Waals surface area contributed by atoms with E-state index < -0.39 is 10.0 Å². The molecule has 0 saturated heterocycles. The molecule has 0 fully saturated rings. The van der Waals surface area contributed by atoms with Crippen molar-refractivity contribution in [1.29, 1.82) is 0 Å². The van der Waals surface area contributed by atoms with Crippen molar-refractivity contribution >= 4 is 15.7 Å². The standard InChI is InChI=1S/C16H16N4O2S/c1-12-6-5-7-15(13(12)2)19-23(21,22)14-10-18-20(11-14)16-8-3-4-9-17-16/h3-11,19H,1-2H3. The Kier molecular flexibility index (Phi) is 3.87. The number of pyridine rings is 1. The summed E-state index contributed by atoms with van der Waals surface area (Å²) in [6.07, 6.45) is 4.37. The third-order valence-electron chi connectivity index (χ3n) is 3.60. The summed E-state index contributed by atoms with van der Waals surface area (Å²) in [6, 6.07) is 10.8. The highest BCUT2D eigenvalue weighted by Gasteiger charge is 2.18. The molecule has 0 bridgehead atoms. The fraction of sp³-hybridized carbons (Fsp3) is 0.125. The number of nitrogens with one attached hydrogen (secondary N) is 1. The van der Waals surface area contributed by atoms with Gasteiger partial charge in [0.25, 0.3) is 10.0 Å². The van der Waals surface area contributed by atoms with Crippen molar-refractivity contribution in [2.24, 2.45) is 0 Å². The molecule has 0 radical (unpaired) electrons. The molecule has 1 N–H and O–H groups in total. The van der Waals surface area contributed by atoms with Crippen LogP contribution in [0.1, 0.15) is 11.1 Å².